The number of aromatic amines is 2. The Balaban J connectivity index is 1.99. The summed E-state index contributed by atoms with van der Waals surface area (Å²) in [5.41, 5.74) is -1.32. The number of aliphatic hydroxyl groups excluding tert-OH is 1. The predicted octanol–water partition coefficient (Wildman–Crippen LogP) is 2.05. The van der Waals surface area contributed by atoms with E-state index in [1.807, 2.05) is 0 Å². The Bertz CT molecular complexity index is 1130. The Labute approximate surface area is 160 Å². The zero-order valence-electron chi connectivity index (χ0n) is 15.2. The number of halogens is 3. The number of nitrogens with zero attached hydrogens (tertiary/aromatic N) is 2. The van der Waals surface area contributed by atoms with Crippen LogP contribution in [0.3, 0.4) is 0 Å². The minimum Gasteiger partial charge on any atom is -0.425 e. The molecule has 0 spiro atoms. The van der Waals surface area contributed by atoms with E-state index in [1.54, 1.807) is 6.92 Å². The second-order valence-electron chi connectivity index (χ2n) is 5.97. The zero-order valence-corrected chi connectivity index (χ0v) is 15.2. The van der Waals surface area contributed by atoms with E-state index in [0.717, 1.165) is 10.6 Å². The number of fused-ring (bicyclic) bond motifs is 1. The van der Waals surface area contributed by atoms with Crippen molar-refractivity contribution in [1.29, 1.82) is 0 Å². The van der Waals surface area contributed by atoms with Gasteiger partial charge >= 0.3 is 18.1 Å². The van der Waals surface area contributed by atoms with Crippen LogP contribution in [0, 0.1) is 0 Å². The fourth-order valence-corrected chi connectivity index (χ4v) is 2.79. The van der Waals surface area contributed by atoms with Gasteiger partial charge in [-0.25, -0.2) is 4.79 Å². The Morgan fingerprint density at radius 2 is 1.93 bits per heavy atom. The lowest BCUT2D eigenvalue weighted by Crippen LogP contribution is -2.35. The van der Waals surface area contributed by atoms with Gasteiger partial charge in [0.05, 0.1) is 0 Å². The fraction of sp³-hybridized carbons (Fsp3) is 0.353. The Morgan fingerprint density at radius 1 is 1.21 bits per heavy atom. The predicted molar refractivity (Wildman–Crippen MR) is 95.3 cm³/mol. The molecule has 0 aliphatic heterocycles. The van der Waals surface area contributed by atoms with Crippen LogP contribution in [-0.2, 0) is 13.0 Å². The van der Waals surface area contributed by atoms with E-state index in [2.05, 4.69) is 19.7 Å². The number of nitrogens with one attached hydrogen (secondary N) is 2. The topological polar surface area (TPSA) is 122 Å². The number of rotatable bonds is 7. The summed E-state index contributed by atoms with van der Waals surface area (Å²) in [4.78, 5) is 33.5. The number of benzene rings is 1. The number of hydrogen-bond acceptors (Lipinski definition) is 6. The Morgan fingerprint density at radius 3 is 2.59 bits per heavy atom. The molecule has 0 bridgehead atoms. The summed E-state index contributed by atoms with van der Waals surface area (Å²) >= 11 is 0. The zero-order chi connectivity index (χ0) is 21.2. The van der Waals surface area contributed by atoms with Crippen LogP contribution in [0.1, 0.15) is 18.9 Å². The van der Waals surface area contributed by atoms with Crippen LogP contribution >= 0.6 is 0 Å². The van der Waals surface area contributed by atoms with Gasteiger partial charge in [-0.3, -0.25) is 14.3 Å². The summed E-state index contributed by atoms with van der Waals surface area (Å²) in [6, 6.07) is 3.72. The fourth-order valence-electron chi connectivity index (χ4n) is 2.79. The highest BCUT2D eigenvalue weighted by atomic mass is 19.4. The third-order valence-electron chi connectivity index (χ3n) is 4.03. The van der Waals surface area contributed by atoms with E-state index in [0.29, 0.717) is 0 Å². The lowest BCUT2D eigenvalue weighted by molar-refractivity contribution is -0.274. The minimum absolute atomic E-state index is 0.00657. The number of ether oxygens (including phenoxy) is 2. The van der Waals surface area contributed by atoms with Crippen LogP contribution in [0.4, 0.5) is 13.2 Å². The molecular formula is C17H17F3N4O5. The van der Waals surface area contributed by atoms with Crippen molar-refractivity contribution >= 4 is 11.2 Å². The number of imidazole rings is 1. The molecule has 0 fully saturated rings. The molecule has 0 unspecified atom stereocenters. The number of alkyl halides is 3. The Hall–Kier alpha value is -3.28. The lowest BCUT2D eigenvalue weighted by Gasteiger charge is -2.15. The molecule has 9 nitrogen and oxygen atoms in total. The second kappa shape index (κ2) is 7.99. The molecule has 3 N–H and O–H groups in total. The van der Waals surface area contributed by atoms with Crippen LogP contribution in [0.2, 0.25) is 0 Å². The van der Waals surface area contributed by atoms with Crippen molar-refractivity contribution in [1.82, 2.24) is 19.5 Å². The van der Waals surface area contributed by atoms with Crippen molar-refractivity contribution in [3.63, 3.8) is 0 Å². The highest BCUT2D eigenvalue weighted by Crippen LogP contribution is 2.34. The standard InChI is InChI=1S/C17H17F3N4O5/c1-2-9-10(5-3-6-11(9)29-17(18,19)20)28-15-21-12-13(22-15)23-16(27)24(14(12)26)7-4-8-25/h3,5-6,25H,2,4,7-8H2,1H3,(H,21,22)(H,23,27). The summed E-state index contributed by atoms with van der Waals surface area (Å²) in [6.07, 6.45) is -4.48. The van der Waals surface area contributed by atoms with Gasteiger partial charge in [-0.2, -0.15) is 4.98 Å². The second-order valence-corrected chi connectivity index (χ2v) is 5.97. The molecule has 156 valence electrons. The third kappa shape index (κ3) is 4.42. The van der Waals surface area contributed by atoms with Gasteiger partial charge in [0.15, 0.2) is 11.2 Å². The first-order valence-corrected chi connectivity index (χ1v) is 8.62. The van der Waals surface area contributed by atoms with Crippen molar-refractivity contribution in [2.45, 2.75) is 32.7 Å². The monoisotopic (exact) mass is 414 g/mol. The van der Waals surface area contributed by atoms with Crippen LogP contribution in [-0.4, -0.2) is 37.6 Å². The smallest absolute Gasteiger partial charge is 0.425 e. The van der Waals surface area contributed by atoms with Crippen LogP contribution in [0.15, 0.2) is 27.8 Å². The van der Waals surface area contributed by atoms with Crippen molar-refractivity contribution in [2.24, 2.45) is 0 Å². The van der Waals surface area contributed by atoms with Gasteiger partial charge in [0.2, 0.25) is 0 Å². The van der Waals surface area contributed by atoms with Crippen molar-refractivity contribution in [2.75, 3.05) is 6.61 Å². The molecular weight excluding hydrogens is 397 g/mol. The highest BCUT2D eigenvalue weighted by molar-refractivity contribution is 5.69. The normalized spacial score (nSPS) is 11.8. The van der Waals surface area contributed by atoms with Gasteiger partial charge in [-0.1, -0.05) is 13.0 Å². The number of aromatic nitrogens is 4. The molecule has 0 amide bonds. The van der Waals surface area contributed by atoms with Crippen molar-refractivity contribution in [3.8, 4) is 17.5 Å². The molecule has 2 aromatic heterocycles. The maximum Gasteiger partial charge on any atom is 0.573 e. The molecule has 0 aliphatic carbocycles. The highest BCUT2D eigenvalue weighted by Gasteiger charge is 2.32. The largest absolute Gasteiger partial charge is 0.573 e. The lowest BCUT2D eigenvalue weighted by atomic mass is 10.1. The average molecular weight is 414 g/mol. The molecule has 0 aliphatic rings. The molecule has 2 heterocycles. The van der Waals surface area contributed by atoms with Crippen LogP contribution in [0.25, 0.3) is 11.2 Å². The van der Waals surface area contributed by atoms with Crippen LogP contribution in [0.5, 0.6) is 17.5 Å². The number of hydrogen-bond donors (Lipinski definition) is 3. The maximum atomic E-state index is 12.6. The minimum atomic E-state index is -4.86. The van der Waals surface area contributed by atoms with Gasteiger partial charge < -0.3 is 19.6 Å². The van der Waals surface area contributed by atoms with Crippen molar-refractivity contribution in [3.05, 3.63) is 44.6 Å². The molecule has 1 aromatic carbocycles. The summed E-state index contributed by atoms with van der Waals surface area (Å²) in [6.45, 7) is 1.44. The van der Waals surface area contributed by atoms with Gasteiger partial charge in [-0.15, -0.1) is 13.2 Å². The molecule has 0 atom stereocenters. The maximum absolute atomic E-state index is 12.6. The molecule has 3 aromatic rings. The van der Waals surface area contributed by atoms with Crippen molar-refractivity contribution < 1.29 is 27.8 Å². The van der Waals surface area contributed by atoms with E-state index < -0.39 is 23.4 Å². The van der Waals surface area contributed by atoms with E-state index in [4.69, 9.17) is 9.84 Å². The molecule has 3 rings (SSSR count). The first kappa shape index (κ1) is 20.5. The summed E-state index contributed by atoms with van der Waals surface area (Å²) in [5, 5.41) is 8.88. The molecule has 0 radical (unpaired) electrons. The van der Waals surface area contributed by atoms with Crippen LogP contribution < -0.4 is 20.7 Å². The molecule has 29 heavy (non-hydrogen) atoms. The first-order valence-electron chi connectivity index (χ1n) is 8.62. The molecule has 0 saturated carbocycles. The number of H-pyrrole nitrogens is 2. The SMILES string of the molecule is CCc1c(Oc2nc3[nH]c(=O)n(CCCO)c(=O)c3[nH]2)cccc1OC(F)(F)F. The summed E-state index contributed by atoms with van der Waals surface area (Å²) < 4.78 is 48.2. The quantitative estimate of drug-likeness (QED) is 0.544. The Kier molecular flexibility index (Phi) is 5.64. The summed E-state index contributed by atoms with van der Waals surface area (Å²) in [5.74, 6) is -0.357. The van der Waals surface area contributed by atoms with Gasteiger partial charge in [-0.05, 0) is 25.0 Å². The van der Waals surface area contributed by atoms with Gasteiger partial charge in [0, 0.05) is 18.7 Å². The van der Waals surface area contributed by atoms with Gasteiger partial charge in [0.25, 0.3) is 5.56 Å². The third-order valence-corrected chi connectivity index (χ3v) is 4.03. The summed E-state index contributed by atoms with van der Waals surface area (Å²) in [7, 11) is 0. The van der Waals surface area contributed by atoms with E-state index >= 15 is 0 Å². The number of aliphatic hydroxyl groups is 1. The molecule has 0 saturated heterocycles. The average Bonchev–Trinajstić information content (AvgIpc) is 3.03. The van der Waals surface area contributed by atoms with E-state index in [9.17, 15) is 22.8 Å². The first-order chi connectivity index (χ1) is 13.7. The van der Waals surface area contributed by atoms with E-state index in [1.165, 1.54) is 12.1 Å². The van der Waals surface area contributed by atoms with E-state index in [-0.39, 0.29) is 54.5 Å². The molecule has 12 heteroatoms. The van der Waals surface area contributed by atoms with Gasteiger partial charge in [0.1, 0.15) is 11.5 Å².